The lowest BCUT2D eigenvalue weighted by atomic mass is 10.2. The molecule has 1 saturated carbocycles. The monoisotopic (exact) mass is 413 g/mol. The second kappa shape index (κ2) is 9.25. The first-order valence-electron chi connectivity index (χ1n) is 9.56. The number of carbonyl (C=O) groups is 1. The number of amides is 1. The van der Waals surface area contributed by atoms with Gasteiger partial charge < -0.3 is 10.6 Å². The number of aromatic nitrogens is 2. The first-order valence-corrected chi connectivity index (χ1v) is 10.4. The van der Waals surface area contributed by atoms with E-state index in [2.05, 4.69) is 20.6 Å². The quantitative estimate of drug-likeness (QED) is 0.315. The van der Waals surface area contributed by atoms with E-state index in [1.54, 1.807) is 36.2 Å². The molecule has 0 bridgehead atoms. The van der Waals surface area contributed by atoms with E-state index in [9.17, 15) is 10.1 Å². The Morgan fingerprint density at radius 2 is 1.90 bits per heavy atom. The Kier molecular flexibility index (Phi) is 6.06. The van der Waals surface area contributed by atoms with E-state index in [0.717, 1.165) is 28.5 Å². The van der Waals surface area contributed by atoms with Crippen LogP contribution in [-0.4, -0.2) is 15.9 Å². The van der Waals surface area contributed by atoms with Gasteiger partial charge in [-0.05, 0) is 55.2 Å². The number of benzene rings is 2. The van der Waals surface area contributed by atoms with Crippen molar-refractivity contribution in [2.75, 3.05) is 10.6 Å². The number of anilines is 3. The van der Waals surface area contributed by atoms with Crippen molar-refractivity contribution in [2.24, 2.45) is 5.92 Å². The van der Waals surface area contributed by atoms with Crippen LogP contribution >= 0.6 is 11.8 Å². The molecular formula is C23H19N5OS. The minimum atomic E-state index is -0.390. The second-order valence-electron chi connectivity index (χ2n) is 6.82. The average Bonchev–Trinajstić information content (AvgIpc) is 3.57. The van der Waals surface area contributed by atoms with Gasteiger partial charge in [-0.15, -0.1) is 0 Å². The van der Waals surface area contributed by atoms with Crippen LogP contribution in [0, 0.1) is 17.2 Å². The highest BCUT2D eigenvalue weighted by molar-refractivity contribution is 7.99. The van der Waals surface area contributed by atoms with E-state index in [-0.39, 0.29) is 11.5 Å². The van der Waals surface area contributed by atoms with Crippen molar-refractivity contribution in [3.63, 3.8) is 0 Å². The molecule has 1 aromatic heterocycles. The average molecular weight is 414 g/mol. The van der Waals surface area contributed by atoms with E-state index in [1.165, 1.54) is 0 Å². The van der Waals surface area contributed by atoms with Crippen molar-refractivity contribution in [3.8, 4) is 6.07 Å². The Morgan fingerprint density at radius 3 is 2.67 bits per heavy atom. The summed E-state index contributed by atoms with van der Waals surface area (Å²) in [5.74, 6) is 0.432. The molecule has 2 N–H and O–H groups in total. The number of allylic oxidation sites excluding steroid dienone is 1. The van der Waals surface area contributed by atoms with Crippen LogP contribution in [0.3, 0.4) is 0 Å². The molecular weight excluding hydrogens is 394 g/mol. The minimum absolute atomic E-state index is 0.157. The number of carbonyl (C=O) groups excluding carboxylic acids is 1. The fourth-order valence-corrected chi connectivity index (χ4v) is 3.53. The van der Waals surface area contributed by atoms with Gasteiger partial charge in [0.05, 0.1) is 0 Å². The van der Waals surface area contributed by atoms with Gasteiger partial charge in [-0.2, -0.15) is 5.26 Å². The summed E-state index contributed by atoms with van der Waals surface area (Å²) < 4.78 is 0. The summed E-state index contributed by atoms with van der Waals surface area (Å²) >= 11 is 1.55. The van der Waals surface area contributed by atoms with Gasteiger partial charge in [-0.1, -0.05) is 42.1 Å². The van der Waals surface area contributed by atoms with Gasteiger partial charge in [-0.3, -0.25) is 4.79 Å². The number of nitrogens with zero attached hydrogens (tertiary/aromatic N) is 3. The van der Waals surface area contributed by atoms with Crippen LogP contribution in [0.25, 0.3) is 0 Å². The van der Waals surface area contributed by atoms with E-state index < -0.39 is 0 Å². The molecule has 0 atom stereocenters. The van der Waals surface area contributed by atoms with Crippen molar-refractivity contribution in [2.45, 2.75) is 22.8 Å². The largest absolute Gasteiger partial charge is 0.324 e. The summed E-state index contributed by atoms with van der Waals surface area (Å²) in [5.41, 5.74) is 1.49. The van der Waals surface area contributed by atoms with Crippen LogP contribution in [0.15, 0.2) is 88.4 Å². The van der Waals surface area contributed by atoms with Gasteiger partial charge in [0.1, 0.15) is 16.7 Å². The molecule has 7 heteroatoms. The van der Waals surface area contributed by atoms with Crippen LogP contribution < -0.4 is 10.6 Å². The molecule has 1 heterocycles. The Morgan fingerprint density at radius 1 is 1.10 bits per heavy atom. The SMILES string of the molecule is N#C/C(=C/C1CC1)C(=O)Nc1cccc(Nc2nccc(Sc3ccccc3)n2)c1. The molecule has 1 aliphatic rings. The molecule has 6 nitrogen and oxygen atoms in total. The molecule has 4 rings (SSSR count). The van der Waals surface area contributed by atoms with E-state index in [4.69, 9.17) is 0 Å². The van der Waals surface area contributed by atoms with Crippen LogP contribution in [0.5, 0.6) is 0 Å². The Balaban J connectivity index is 1.44. The van der Waals surface area contributed by atoms with Crippen molar-refractivity contribution < 1.29 is 4.79 Å². The van der Waals surface area contributed by atoms with E-state index in [1.807, 2.05) is 54.6 Å². The molecule has 1 aliphatic carbocycles. The molecule has 0 saturated heterocycles. The van der Waals surface area contributed by atoms with Gasteiger partial charge in [0.15, 0.2) is 0 Å². The molecule has 1 fully saturated rings. The Hall–Kier alpha value is -3.63. The summed E-state index contributed by atoms with van der Waals surface area (Å²) in [6, 6.07) is 21.1. The van der Waals surface area contributed by atoms with Crippen molar-refractivity contribution in [1.29, 1.82) is 5.26 Å². The molecule has 2 aromatic carbocycles. The predicted octanol–water partition coefficient (Wildman–Crippen LogP) is 5.17. The third-order valence-corrected chi connectivity index (χ3v) is 5.31. The summed E-state index contributed by atoms with van der Waals surface area (Å²) in [7, 11) is 0. The standard InChI is InChI=1S/C23H19N5OS/c24-15-17(13-16-9-10-16)22(29)26-18-5-4-6-19(14-18)27-23-25-12-11-21(28-23)30-20-7-2-1-3-8-20/h1-8,11-14,16H,9-10H2,(H,26,29)(H,25,27,28)/b17-13-. The summed E-state index contributed by atoms with van der Waals surface area (Å²) in [6.07, 6.45) is 5.54. The molecule has 0 unspecified atom stereocenters. The normalized spacial score (nSPS) is 13.4. The maximum atomic E-state index is 12.3. The molecule has 0 aliphatic heterocycles. The van der Waals surface area contributed by atoms with Gasteiger partial charge in [0, 0.05) is 22.5 Å². The first-order chi connectivity index (χ1) is 14.7. The number of hydrogen-bond donors (Lipinski definition) is 2. The molecule has 30 heavy (non-hydrogen) atoms. The van der Waals surface area contributed by atoms with Gasteiger partial charge >= 0.3 is 0 Å². The van der Waals surface area contributed by atoms with Crippen molar-refractivity contribution in [3.05, 3.63) is 78.5 Å². The molecule has 0 radical (unpaired) electrons. The maximum Gasteiger partial charge on any atom is 0.265 e. The fourth-order valence-electron chi connectivity index (χ4n) is 2.73. The topological polar surface area (TPSA) is 90.7 Å². The van der Waals surface area contributed by atoms with E-state index in [0.29, 0.717) is 17.6 Å². The fraction of sp³-hybridized carbons (Fsp3) is 0.130. The van der Waals surface area contributed by atoms with Gasteiger partial charge in [-0.25, -0.2) is 9.97 Å². The number of rotatable bonds is 7. The van der Waals surface area contributed by atoms with Crippen molar-refractivity contribution in [1.82, 2.24) is 9.97 Å². The van der Waals surface area contributed by atoms with Gasteiger partial charge in [0.25, 0.3) is 5.91 Å². The van der Waals surface area contributed by atoms with Crippen LogP contribution in [-0.2, 0) is 4.79 Å². The molecule has 3 aromatic rings. The highest BCUT2D eigenvalue weighted by Gasteiger charge is 2.21. The van der Waals surface area contributed by atoms with Crippen LogP contribution in [0.4, 0.5) is 17.3 Å². The molecule has 1 amide bonds. The Bertz CT molecular complexity index is 1120. The summed E-state index contributed by atoms with van der Waals surface area (Å²) in [6.45, 7) is 0. The second-order valence-corrected chi connectivity index (χ2v) is 7.92. The molecule has 148 valence electrons. The summed E-state index contributed by atoms with van der Waals surface area (Å²) in [4.78, 5) is 22.3. The lowest BCUT2D eigenvalue weighted by molar-refractivity contribution is -0.112. The van der Waals surface area contributed by atoms with E-state index >= 15 is 0 Å². The zero-order valence-corrected chi connectivity index (χ0v) is 16.9. The smallest absolute Gasteiger partial charge is 0.265 e. The lowest BCUT2D eigenvalue weighted by Crippen LogP contribution is -2.13. The van der Waals surface area contributed by atoms with Crippen LogP contribution in [0.2, 0.25) is 0 Å². The predicted molar refractivity (Wildman–Crippen MR) is 117 cm³/mol. The van der Waals surface area contributed by atoms with Crippen molar-refractivity contribution >= 4 is 35.0 Å². The zero-order chi connectivity index (χ0) is 20.8. The van der Waals surface area contributed by atoms with Crippen LogP contribution in [0.1, 0.15) is 12.8 Å². The maximum absolute atomic E-state index is 12.3. The minimum Gasteiger partial charge on any atom is -0.324 e. The first kappa shape index (κ1) is 19.7. The number of hydrogen-bond acceptors (Lipinski definition) is 6. The third kappa shape index (κ3) is 5.46. The number of nitrogens with one attached hydrogen (secondary N) is 2. The van der Waals surface area contributed by atoms with Gasteiger partial charge in [0.2, 0.25) is 5.95 Å². The highest BCUT2D eigenvalue weighted by atomic mass is 32.2. The Labute approximate surface area is 179 Å². The lowest BCUT2D eigenvalue weighted by Gasteiger charge is -2.09. The number of nitriles is 1. The summed E-state index contributed by atoms with van der Waals surface area (Å²) in [5, 5.41) is 16.0. The highest BCUT2D eigenvalue weighted by Crippen LogP contribution is 2.31. The molecule has 0 spiro atoms. The zero-order valence-electron chi connectivity index (χ0n) is 16.1. The third-order valence-electron chi connectivity index (χ3n) is 4.36.